The van der Waals surface area contributed by atoms with Crippen molar-refractivity contribution in [3.63, 3.8) is 0 Å². The first-order chi connectivity index (χ1) is 14.0. The number of aromatic nitrogens is 4. The fraction of sp³-hybridized carbons (Fsp3) is 0.316. The molecular weight excluding hydrogens is 397 g/mol. The number of rotatable bonds is 5. The maximum absolute atomic E-state index is 14.2. The highest BCUT2D eigenvalue weighted by Gasteiger charge is 2.46. The summed E-state index contributed by atoms with van der Waals surface area (Å²) in [5.74, 6) is -0.203. The molecule has 0 aromatic carbocycles. The number of amides is 1. The van der Waals surface area contributed by atoms with Crippen LogP contribution in [0.15, 0.2) is 36.7 Å². The number of hydrogen-bond donors (Lipinski definition) is 1. The van der Waals surface area contributed by atoms with Crippen LogP contribution >= 0.6 is 11.3 Å². The number of anilines is 1. The standard InChI is InChI=1S/C19H18FN5O3S/c1-25(15-6-5-14(23-24-15)17-22-10-12(11-26)29-17)18(27)28-19(7-3-8-19)16-13(20)4-2-9-21-16/h2,4-6,9-10,26H,3,7-8,11H2,1H3. The molecule has 0 atom stereocenters. The second-order valence-electron chi connectivity index (χ2n) is 6.68. The van der Waals surface area contributed by atoms with Gasteiger partial charge in [-0.05, 0) is 43.5 Å². The summed E-state index contributed by atoms with van der Waals surface area (Å²) >= 11 is 1.31. The van der Waals surface area contributed by atoms with E-state index in [0.29, 0.717) is 23.5 Å². The van der Waals surface area contributed by atoms with Gasteiger partial charge in [-0.2, -0.15) is 0 Å². The fourth-order valence-corrected chi connectivity index (χ4v) is 3.79. The van der Waals surface area contributed by atoms with Gasteiger partial charge in [-0.15, -0.1) is 21.5 Å². The number of carbonyl (C=O) groups is 1. The zero-order valence-corrected chi connectivity index (χ0v) is 16.4. The van der Waals surface area contributed by atoms with E-state index in [2.05, 4.69) is 20.2 Å². The fourth-order valence-electron chi connectivity index (χ4n) is 3.05. The molecule has 0 aliphatic heterocycles. The second kappa shape index (κ2) is 7.80. The van der Waals surface area contributed by atoms with Gasteiger partial charge in [-0.3, -0.25) is 9.88 Å². The van der Waals surface area contributed by atoms with Crippen LogP contribution in [0, 0.1) is 5.82 Å². The smallest absolute Gasteiger partial charge is 0.416 e. The monoisotopic (exact) mass is 415 g/mol. The molecule has 29 heavy (non-hydrogen) atoms. The van der Waals surface area contributed by atoms with E-state index in [1.54, 1.807) is 18.3 Å². The van der Waals surface area contributed by atoms with Crippen LogP contribution in [0.5, 0.6) is 0 Å². The maximum Gasteiger partial charge on any atom is 0.416 e. The zero-order valence-electron chi connectivity index (χ0n) is 15.6. The topological polar surface area (TPSA) is 101 Å². The Kier molecular flexibility index (Phi) is 5.20. The van der Waals surface area contributed by atoms with Crippen LogP contribution in [-0.2, 0) is 16.9 Å². The Labute approximate surface area is 170 Å². The van der Waals surface area contributed by atoms with E-state index in [-0.39, 0.29) is 18.1 Å². The maximum atomic E-state index is 14.2. The Hall–Kier alpha value is -2.98. The summed E-state index contributed by atoms with van der Waals surface area (Å²) in [4.78, 5) is 22.9. The lowest BCUT2D eigenvalue weighted by atomic mass is 9.77. The second-order valence-corrected chi connectivity index (χ2v) is 7.79. The largest absolute Gasteiger partial charge is 0.436 e. The lowest BCUT2D eigenvalue weighted by Crippen LogP contribution is -2.44. The first kappa shape index (κ1) is 19.3. The predicted molar refractivity (Wildman–Crippen MR) is 104 cm³/mol. The zero-order chi connectivity index (χ0) is 20.4. The van der Waals surface area contributed by atoms with Crippen molar-refractivity contribution in [3.8, 4) is 10.7 Å². The minimum absolute atomic E-state index is 0.0869. The normalized spacial score (nSPS) is 14.9. The number of thiazole rings is 1. The van der Waals surface area contributed by atoms with Gasteiger partial charge in [-0.1, -0.05) is 0 Å². The van der Waals surface area contributed by atoms with Crippen molar-refractivity contribution in [2.75, 3.05) is 11.9 Å². The molecule has 4 rings (SSSR count). The molecule has 10 heteroatoms. The summed E-state index contributed by atoms with van der Waals surface area (Å²) in [7, 11) is 1.51. The quantitative estimate of drug-likeness (QED) is 0.682. The minimum Gasteiger partial charge on any atom is -0.436 e. The summed E-state index contributed by atoms with van der Waals surface area (Å²) in [5, 5.41) is 17.9. The number of aliphatic hydroxyl groups is 1. The summed E-state index contributed by atoms with van der Waals surface area (Å²) in [6.45, 7) is -0.0869. The van der Waals surface area contributed by atoms with E-state index >= 15 is 0 Å². The van der Waals surface area contributed by atoms with Gasteiger partial charge in [0.15, 0.2) is 11.4 Å². The molecule has 8 nitrogen and oxygen atoms in total. The molecule has 1 aliphatic carbocycles. The molecule has 1 saturated carbocycles. The van der Waals surface area contributed by atoms with E-state index < -0.39 is 17.5 Å². The van der Waals surface area contributed by atoms with Crippen LogP contribution in [-0.4, -0.2) is 38.4 Å². The van der Waals surface area contributed by atoms with Crippen molar-refractivity contribution >= 4 is 23.2 Å². The number of aliphatic hydroxyl groups excluding tert-OH is 1. The number of ether oxygens (including phenoxy) is 1. The third-order valence-electron chi connectivity index (χ3n) is 4.83. The summed E-state index contributed by atoms with van der Waals surface area (Å²) in [6.07, 6.45) is 4.26. The van der Waals surface area contributed by atoms with Crippen LogP contribution in [0.2, 0.25) is 0 Å². The van der Waals surface area contributed by atoms with Crippen LogP contribution < -0.4 is 4.90 Å². The van der Waals surface area contributed by atoms with Crippen LogP contribution in [0.3, 0.4) is 0 Å². The van der Waals surface area contributed by atoms with Gasteiger partial charge in [0.05, 0.1) is 11.5 Å². The Bertz CT molecular complexity index is 1020. The summed E-state index contributed by atoms with van der Waals surface area (Å²) < 4.78 is 19.9. The van der Waals surface area contributed by atoms with Gasteiger partial charge in [0.25, 0.3) is 0 Å². The third kappa shape index (κ3) is 3.68. The first-order valence-electron chi connectivity index (χ1n) is 9.00. The molecule has 0 unspecified atom stereocenters. The molecule has 0 bridgehead atoms. The molecule has 3 aromatic heterocycles. The molecule has 3 heterocycles. The molecule has 1 fully saturated rings. The van der Waals surface area contributed by atoms with Crippen molar-refractivity contribution in [1.29, 1.82) is 0 Å². The van der Waals surface area contributed by atoms with Gasteiger partial charge in [0, 0.05) is 19.4 Å². The number of nitrogens with zero attached hydrogens (tertiary/aromatic N) is 5. The van der Waals surface area contributed by atoms with Crippen molar-refractivity contribution in [3.05, 3.63) is 53.0 Å². The van der Waals surface area contributed by atoms with E-state index in [0.717, 1.165) is 11.3 Å². The molecule has 0 spiro atoms. The molecule has 3 aromatic rings. The highest BCUT2D eigenvalue weighted by molar-refractivity contribution is 7.14. The Morgan fingerprint density at radius 2 is 2.14 bits per heavy atom. The molecule has 1 amide bonds. The number of pyridine rings is 1. The molecule has 1 N–H and O–H groups in total. The first-order valence-corrected chi connectivity index (χ1v) is 9.81. The molecular formula is C19H18FN5O3S. The number of halogens is 1. The highest BCUT2D eigenvalue weighted by Crippen LogP contribution is 2.45. The number of hydrogen-bond acceptors (Lipinski definition) is 8. The molecule has 0 saturated heterocycles. The molecule has 0 radical (unpaired) electrons. The number of carbonyl (C=O) groups excluding carboxylic acids is 1. The SMILES string of the molecule is CN(C(=O)OC1(c2ncccc2F)CCC1)c1ccc(-c2ncc(CO)s2)nn1. The molecule has 150 valence electrons. The Morgan fingerprint density at radius 3 is 2.72 bits per heavy atom. The van der Waals surface area contributed by atoms with Gasteiger partial charge in [0.2, 0.25) is 0 Å². The van der Waals surface area contributed by atoms with Crippen LogP contribution in [0.1, 0.15) is 29.8 Å². The van der Waals surface area contributed by atoms with Crippen molar-refractivity contribution < 1.29 is 19.0 Å². The van der Waals surface area contributed by atoms with E-state index in [4.69, 9.17) is 9.84 Å². The third-order valence-corrected chi connectivity index (χ3v) is 5.84. The van der Waals surface area contributed by atoms with E-state index in [9.17, 15) is 9.18 Å². The van der Waals surface area contributed by atoms with Gasteiger partial charge >= 0.3 is 6.09 Å². The summed E-state index contributed by atoms with van der Waals surface area (Å²) in [6, 6.07) is 6.12. The van der Waals surface area contributed by atoms with Crippen molar-refractivity contribution in [1.82, 2.24) is 20.2 Å². The lowest BCUT2D eigenvalue weighted by molar-refractivity contribution is -0.0554. The van der Waals surface area contributed by atoms with E-state index in [1.165, 1.54) is 41.6 Å². The minimum atomic E-state index is -1.05. The lowest BCUT2D eigenvalue weighted by Gasteiger charge is -2.41. The van der Waals surface area contributed by atoms with Crippen LogP contribution in [0.4, 0.5) is 15.0 Å². The van der Waals surface area contributed by atoms with E-state index in [1.807, 2.05) is 0 Å². The van der Waals surface area contributed by atoms with Crippen LogP contribution in [0.25, 0.3) is 10.7 Å². The predicted octanol–water partition coefficient (Wildman–Crippen LogP) is 3.28. The van der Waals surface area contributed by atoms with Gasteiger partial charge < -0.3 is 9.84 Å². The highest BCUT2D eigenvalue weighted by atomic mass is 32.1. The average Bonchev–Trinajstić information content (AvgIpc) is 3.20. The van der Waals surface area contributed by atoms with Gasteiger partial charge in [-0.25, -0.2) is 14.2 Å². The average molecular weight is 415 g/mol. The van der Waals surface area contributed by atoms with Crippen molar-refractivity contribution in [2.24, 2.45) is 0 Å². The Morgan fingerprint density at radius 1 is 1.31 bits per heavy atom. The Balaban J connectivity index is 1.49. The van der Waals surface area contributed by atoms with Gasteiger partial charge in [0.1, 0.15) is 22.2 Å². The van der Waals surface area contributed by atoms with Crippen molar-refractivity contribution in [2.45, 2.75) is 31.5 Å². The molecule has 1 aliphatic rings. The summed E-state index contributed by atoms with van der Waals surface area (Å²) in [5.41, 5.74) is -0.366.